The fourth-order valence-corrected chi connectivity index (χ4v) is 4.33. The van der Waals surface area contributed by atoms with Gasteiger partial charge in [0.2, 0.25) is 11.0 Å². The Morgan fingerprint density at radius 3 is 2.36 bits per heavy atom. The van der Waals surface area contributed by atoms with Gasteiger partial charge in [-0.05, 0) is 30.2 Å². The number of hydrogen-bond acceptors (Lipinski definition) is 5. The van der Waals surface area contributed by atoms with Crippen LogP contribution in [0.3, 0.4) is 0 Å². The van der Waals surface area contributed by atoms with E-state index in [-0.39, 0.29) is 61.6 Å². The molecular formula is C18H20FN3O5S. The van der Waals surface area contributed by atoms with Crippen molar-refractivity contribution < 1.29 is 26.8 Å². The highest BCUT2D eigenvalue weighted by Gasteiger charge is 2.32. The molecule has 1 fully saturated rings. The normalized spacial score (nSPS) is 15.5. The van der Waals surface area contributed by atoms with E-state index in [0.29, 0.717) is 5.56 Å². The molecule has 3 rings (SSSR count). The second-order valence-corrected chi connectivity index (χ2v) is 8.23. The van der Waals surface area contributed by atoms with Crippen molar-refractivity contribution in [1.29, 1.82) is 0 Å². The summed E-state index contributed by atoms with van der Waals surface area (Å²) in [5.41, 5.74) is 5.54. The average molecular weight is 409 g/mol. The fraction of sp³-hybridized carbons (Fsp3) is 0.333. The van der Waals surface area contributed by atoms with E-state index in [1.165, 1.54) is 22.5 Å². The van der Waals surface area contributed by atoms with E-state index in [9.17, 15) is 22.4 Å². The van der Waals surface area contributed by atoms with Crippen LogP contribution >= 0.6 is 0 Å². The highest BCUT2D eigenvalue weighted by Crippen LogP contribution is 2.20. The molecule has 2 heterocycles. The standard InChI is InChI=1S/C18H20FN3O5S/c19-14-4-2-1-3-13(14)5-7-16(23)21-9-11-22(12-10-21)28(25,26)17-8-6-15(27-17)18(20)24/h1-4,6,8H,5,7,9-12H2,(H2,20,24). The van der Waals surface area contributed by atoms with Crippen LogP contribution < -0.4 is 5.73 Å². The lowest BCUT2D eigenvalue weighted by Gasteiger charge is -2.33. The zero-order valence-corrected chi connectivity index (χ0v) is 15.8. The topological polar surface area (TPSA) is 114 Å². The van der Waals surface area contributed by atoms with Crippen LogP contribution in [0, 0.1) is 5.82 Å². The van der Waals surface area contributed by atoms with Crippen LogP contribution in [0.25, 0.3) is 0 Å². The summed E-state index contributed by atoms with van der Waals surface area (Å²) in [6, 6.07) is 8.67. The van der Waals surface area contributed by atoms with E-state index in [1.54, 1.807) is 23.1 Å². The number of nitrogens with two attached hydrogens (primary N) is 1. The van der Waals surface area contributed by atoms with Crippen LogP contribution in [0.5, 0.6) is 0 Å². The highest BCUT2D eigenvalue weighted by atomic mass is 32.2. The molecule has 2 aromatic rings. The van der Waals surface area contributed by atoms with Gasteiger partial charge in [0.15, 0.2) is 5.76 Å². The first-order valence-corrected chi connectivity index (χ1v) is 10.1. The number of aryl methyl sites for hydroxylation is 1. The van der Waals surface area contributed by atoms with Gasteiger partial charge in [-0.3, -0.25) is 9.59 Å². The monoisotopic (exact) mass is 409 g/mol. The van der Waals surface area contributed by atoms with Crippen LogP contribution in [0.1, 0.15) is 22.5 Å². The van der Waals surface area contributed by atoms with Gasteiger partial charge < -0.3 is 15.1 Å². The van der Waals surface area contributed by atoms with E-state index in [2.05, 4.69) is 0 Å². The molecule has 1 aromatic carbocycles. The summed E-state index contributed by atoms with van der Waals surface area (Å²) in [6.07, 6.45) is 0.431. The van der Waals surface area contributed by atoms with Crippen molar-refractivity contribution in [2.75, 3.05) is 26.2 Å². The number of piperazine rings is 1. The number of halogens is 1. The van der Waals surface area contributed by atoms with Gasteiger partial charge in [0, 0.05) is 32.6 Å². The number of benzene rings is 1. The molecule has 1 aliphatic heterocycles. The van der Waals surface area contributed by atoms with Gasteiger partial charge in [-0.25, -0.2) is 12.8 Å². The number of primary amides is 1. The molecule has 150 valence electrons. The SMILES string of the molecule is NC(=O)c1ccc(S(=O)(=O)N2CCN(C(=O)CCc3ccccc3F)CC2)o1. The molecule has 2 N–H and O–H groups in total. The molecule has 28 heavy (non-hydrogen) atoms. The van der Waals surface area contributed by atoms with Crippen molar-refractivity contribution in [2.45, 2.75) is 17.9 Å². The van der Waals surface area contributed by atoms with Crippen molar-refractivity contribution in [1.82, 2.24) is 9.21 Å². The Labute approximate surface area is 161 Å². The van der Waals surface area contributed by atoms with Crippen LogP contribution in [0.4, 0.5) is 4.39 Å². The summed E-state index contributed by atoms with van der Waals surface area (Å²) in [4.78, 5) is 25.0. The van der Waals surface area contributed by atoms with Gasteiger partial charge in [0.1, 0.15) is 5.82 Å². The first kappa shape index (κ1) is 20.0. The lowest BCUT2D eigenvalue weighted by molar-refractivity contribution is -0.132. The highest BCUT2D eigenvalue weighted by molar-refractivity contribution is 7.89. The largest absolute Gasteiger partial charge is 0.438 e. The second kappa shape index (κ2) is 8.11. The number of rotatable bonds is 6. The van der Waals surface area contributed by atoms with Gasteiger partial charge in [-0.2, -0.15) is 4.31 Å². The average Bonchev–Trinajstić information content (AvgIpc) is 3.19. The number of hydrogen-bond donors (Lipinski definition) is 1. The lowest BCUT2D eigenvalue weighted by Crippen LogP contribution is -2.50. The summed E-state index contributed by atoms with van der Waals surface area (Å²) in [5.74, 6) is -1.60. The molecule has 2 amide bonds. The summed E-state index contributed by atoms with van der Waals surface area (Å²) in [6.45, 7) is 0.637. The van der Waals surface area contributed by atoms with Gasteiger partial charge >= 0.3 is 0 Å². The predicted molar refractivity (Wildman–Crippen MR) is 97.3 cm³/mol. The van der Waals surface area contributed by atoms with Crippen molar-refractivity contribution in [3.05, 3.63) is 53.5 Å². The predicted octanol–water partition coefficient (Wildman–Crippen LogP) is 0.983. The quantitative estimate of drug-likeness (QED) is 0.764. The van der Waals surface area contributed by atoms with E-state index in [0.717, 1.165) is 0 Å². The Hall–Kier alpha value is -2.72. The van der Waals surface area contributed by atoms with E-state index in [4.69, 9.17) is 10.2 Å². The van der Waals surface area contributed by atoms with Crippen molar-refractivity contribution >= 4 is 21.8 Å². The first-order chi connectivity index (χ1) is 13.3. The summed E-state index contributed by atoms with van der Waals surface area (Å²) >= 11 is 0. The van der Waals surface area contributed by atoms with Crippen LogP contribution in [0.2, 0.25) is 0 Å². The third-order valence-corrected chi connectivity index (χ3v) is 6.35. The minimum atomic E-state index is -3.91. The van der Waals surface area contributed by atoms with Crippen LogP contribution in [0.15, 0.2) is 45.9 Å². The first-order valence-electron chi connectivity index (χ1n) is 8.70. The van der Waals surface area contributed by atoms with Gasteiger partial charge in [-0.15, -0.1) is 0 Å². The molecule has 0 aliphatic carbocycles. The Balaban J connectivity index is 1.56. The molecule has 8 nitrogen and oxygen atoms in total. The summed E-state index contributed by atoms with van der Waals surface area (Å²) in [5, 5.41) is -0.361. The minimum absolute atomic E-state index is 0.0976. The molecule has 0 saturated carbocycles. The summed E-state index contributed by atoms with van der Waals surface area (Å²) in [7, 11) is -3.91. The zero-order chi connectivity index (χ0) is 20.3. The van der Waals surface area contributed by atoms with Crippen LogP contribution in [-0.4, -0.2) is 55.6 Å². The third kappa shape index (κ3) is 4.23. The number of sulfonamides is 1. The lowest BCUT2D eigenvalue weighted by atomic mass is 10.1. The maximum atomic E-state index is 13.6. The number of amides is 2. The molecular weight excluding hydrogens is 389 g/mol. The third-order valence-electron chi connectivity index (χ3n) is 4.58. The Bertz CT molecular complexity index is 981. The second-order valence-electron chi connectivity index (χ2n) is 6.36. The Kier molecular flexibility index (Phi) is 5.80. The Morgan fingerprint density at radius 1 is 1.07 bits per heavy atom. The molecule has 0 unspecified atom stereocenters. The zero-order valence-electron chi connectivity index (χ0n) is 15.0. The van der Waals surface area contributed by atoms with Gasteiger partial charge in [0.05, 0.1) is 0 Å². The minimum Gasteiger partial charge on any atom is -0.438 e. The van der Waals surface area contributed by atoms with Crippen molar-refractivity contribution in [3.8, 4) is 0 Å². The molecule has 0 atom stereocenters. The van der Waals surface area contributed by atoms with Gasteiger partial charge in [-0.1, -0.05) is 18.2 Å². The number of furan rings is 1. The molecule has 0 spiro atoms. The molecule has 10 heteroatoms. The maximum Gasteiger partial charge on any atom is 0.284 e. The molecule has 1 aromatic heterocycles. The van der Waals surface area contributed by atoms with Gasteiger partial charge in [0.25, 0.3) is 15.9 Å². The van der Waals surface area contributed by atoms with E-state index < -0.39 is 15.9 Å². The number of carbonyl (C=O) groups is 2. The molecule has 0 bridgehead atoms. The number of carbonyl (C=O) groups excluding carboxylic acids is 2. The maximum absolute atomic E-state index is 13.6. The smallest absolute Gasteiger partial charge is 0.284 e. The molecule has 1 saturated heterocycles. The fourth-order valence-electron chi connectivity index (χ4n) is 3.00. The van der Waals surface area contributed by atoms with Crippen LogP contribution in [-0.2, 0) is 21.2 Å². The molecule has 1 aliphatic rings. The van der Waals surface area contributed by atoms with E-state index >= 15 is 0 Å². The molecule has 0 radical (unpaired) electrons. The number of nitrogens with zero attached hydrogens (tertiary/aromatic N) is 2. The summed E-state index contributed by atoms with van der Waals surface area (Å²) < 4.78 is 45.0. The Morgan fingerprint density at radius 2 is 1.75 bits per heavy atom. The van der Waals surface area contributed by atoms with E-state index in [1.807, 2.05) is 0 Å². The van der Waals surface area contributed by atoms with Crippen molar-refractivity contribution in [2.24, 2.45) is 5.73 Å². The van der Waals surface area contributed by atoms with Crippen molar-refractivity contribution in [3.63, 3.8) is 0 Å².